The number of hydrogen-bond donors (Lipinski definition) is 1. The molecule has 1 heterocycles. The summed E-state index contributed by atoms with van der Waals surface area (Å²) in [4.78, 5) is 0. The van der Waals surface area contributed by atoms with Gasteiger partial charge in [0.25, 0.3) is 0 Å². The molecule has 1 aromatic heterocycles. The Hall–Kier alpha value is -0.830. The molecule has 0 saturated heterocycles. The highest BCUT2D eigenvalue weighted by atomic mass is 16.3. The Morgan fingerprint density at radius 1 is 1.58 bits per heavy atom. The quantitative estimate of drug-likeness (QED) is 0.745. The Bertz CT molecular complexity index is 255. The van der Waals surface area contributed by atoms with Gasteiger partial charge in [-0.25, -0.2) is 0 Å². The Kier molecular flexibility index (Phi) is 2.87. The molecule has 0 aliphatic carbocycles. The Morgan fingerprint density at radius 3 is 2.67 bits per heavy atom. The van der Waals surface area contributed by atoms with Crippen LogP contribution in [0.15, 0.2) is 6.20 Å². The third-order valence-electron chi connectivity index (χ3n) is 2.05. The van der Waals surface area contributed by atoms with Gasteiger partial charge < -0.3 is 5.11 Å². The lowest BCUT2D eigenvalue weighted by Crippen LogP contribution is -1.95. The number of aromatic nitrogens is 2. The van der Waals surface area contributed by atoms with Crippen LogP contribution in [-0.2, 0) is 6.54 Å². The van der Waals surface area contributed by atoms with Gasteiger partial charge >= 0.3 is 0 Å². The minimum absolute atomic E-state index is 0.356. The van der Waals surface area contributed by atoms with Crippen molar-refractivity contribution >= 4 is 0 Å². The molecule has 68 valence electrons. The molecule has 0 aliphatic rings. The number of hydrogen-bond acceptors (Lipinski definition) is 2. The zero-order valence-corrected chi connectivity index (χ0v) is 7.91. The molecule has 1 rings (SSSR count). The van der Waals surface area contributed by atoms with Crippen LogP contribution in [0.4, 0.5) is 0 Å². The van der Waals surface area contributed by atoms with Crippen LogP contribution in [0.2, 0.25) is 0 Å². The average Bonchev–Trinajstić information content (AvgIpc) is 2.45. The molecular formula is C9H16N2O. The normalized spacial score (nSPS) is 13.3. The molecule has 1 unspecified atom stereocenters. The second-order valence-electron chi connectivity index (χ2n) is 2.95. The first-order valence-electron chi connectivity index (χ1n) is 4.41. The van der Waals surface area contributed by atoms with Crippen LogP contribution < -0.4 is 0 Å². The van der Waals surface area contributed by atoms with E-state index in [9.17, 15) is 5.11 Å². The summed E-state index contributed by atoms with van der Waals surface area (Å²) in [5, 5.41) is 13.8. The van der Waals surface area contributed by atoms with Crippen molar-refractivity contribution in [3.63, 3.8) is 0 Å². The number of aliphatic hydroxyl groups is 1. The first-order valence-corrected chi connectivity index (χ1v) is 4.41. The van der Waals surface area contributed by atoms with Crippen molar-refractivity contribution in [3.05, 3.63) is 17.5 Å². The lowest BCUT2D eigenvalue weighted by molar-refractivity contribution is 0.173. The fourth-order valence-electron chi connectivity index (χ4n) is 1.24. The molecule has 0 spiro atoms. The van der Waals surface area contributed by atoms with E-state index in [0.717, 1.165) is 24.2 Å². The first kappa shape index (κ1) is 9.26. The molecule has 3 nitrogen and oxygen atoms in total. The van der Waals surface area contributed by atoms with E-state index < -0.39 is 0 Å². The molecule has 3 heteroatoms. The molecule has 0 bridgehead atoms. The van der Waals surface area contributed by atoms with Crippen LogP contribution in [-0.4, -0.2) is 14.9 Å². The van der Waals surface area contributed by atoms with Gasteiger partial charge in [-0.15, -0.1) is 0 Å². The lowest BCUT2D eigenvalue weighted by Gasteiger charge is -2.04. The van der Waals surface area contributed by atoms with Gasteiger partial charge in [-0.05, 0) is 20.3 Å². The molecular weight excluding hydrogens is 152 g/mol. The third-order valence-corrected chi connectivity index (χ3v) is 2.05. The summed E-state index contributed by atoms with van der Waals surface area (Å²) in [5.41, 5.74) is 1.89. The Morgan fingerprint density at radius 2 is 2.25 bits per heavy atom. The van der Waals surface area contributed by atoms with Gasteiger partial charge in [0.15, 0.2) is 0 Å². The molecule has 0 amide bonds. The smallest absolute Gasteiger partial charge is 0.0820 e. The fourth-order valence-corrected chi connectivity index (χ4v) is 1.24. The largest absolute Gasteiger partial charge is 0.388 e. The average molecular weight is 168 g/mol. The summed E-state index contributed by atoms with van der Waals surface area (Å²) in [5.74, 6) is 0. The monoisotopic (exact) mass is 168 g/mol. The summed E-state index contributed by atoms with van der Waals surface area (Å²) in [6, 6.07) is 0. The molecule has 1 aromatic rings. The Labute approximate surface area is 73.0 Å². The summed E-state index contributed by atoms with van der Waals surface area (Å²) >= 11 is 0. The molecule has 0 aromatic carbocycles. The minimum Gasteiger partial charge on any atom is -0.388 e. The van der Waals surface area contributed by atoms with Crippen LogP contribution in [0.5, 0.6) is 0 Å². The summed E-state index contributed by atoms with van der Waals surface area (Å²) in [6.07, 6.45) is 2.31. The maximum Gasteiger partial charge on any atom is 0.0820 e. The van der Waals surface area contributed by atoms with Gasteiger partial charge in [0.2, 0.25) is 0 Å². The van der Waals surface area contributed by atoms with E-state index in [2.05, 4.69) is 5.10 Å². The van der Waals surface area contributed by atoms with Crippen molar-refractivity contribution < 1.29 is 5.11 Å². The highest BCUT2D eigenvalue weighted by Crippen LogP contribution is 2.18. The number of rotatable bonds is 3. The molecule has 0 saturated carbocycles. The SMILES string of the molecule is CCC(O)c1cn(CC)nc1C. The first-order chi connectivity index (χ1) is 5.69. The maximum atomic E-state index is 9.57. The zero-order chi connectivity index (χ0) is 9.14. The highest BCUT2D eigenvalue weighted by molar-refractivity contribution is 5.18. The van der Waals surface area contributed by atoms with Crippen LogP contribution in [0.3, 0.4) is 0 Å². The van der Waals surface area contributed by atoms with E-state index in [4.69, 9.17) is 0 Å². The molecule has 0 fully saturated rings. The van der Waals surface area contributed by atoms with E-state index >= 15 is 0 Å². The Balaban J connectivity index is 2.91. The number of aliphatic hydroxyl groups excluding tert-OH is 1. The fraction of sp³-hybridized carbons (Fsp3) is 0.667. The minimum atomic E-state index is -0.356. The predicted octanol–water partition coefficient (Wildman–Crippen LogP) is 1.65. The van der Waals surface area contributed by atoms with Gasteiger partial charge in [-0.2, -0.15) is 5.10 Å². The van der Waals surface area contributed by atoms with Crippen molar-refractivity contribution in [2.24, 2.45) is 0 Å². The maximum absolute atomic E-state index is 9.57. The van der Waals surface area contributed by atoms with Crippen molar-refractivity contribution in [3.8, 4) is 0 Å². The second kappa shape index (κ2) is 3.72. The third kappa shape index (κ3) is 1.67. The standard InChI is InChI=1S/C9H16N2O/c1-4-9(12)8-6-11(5-2)10-7(8)3/h6,9,12H,4-5H2,1-3H3. The van der Waals surface area contributed by atoms with Gasteiger partial charge in [0, 0.05) is 18.3 Å². The second-order valence-corrected chi connectivity index (χ2v) is 2.95. The van der Waals surface area contributed by atoms with Gasteiger partial charge in [-0.1, -0.05) is 6.92 Å². The molecule has 0 aliphatic heterocycles. The summed E-state index contributed by atoms with van der Waals surface area (Å²) in [7, 11) is 0. The van der Waals surface area contributed by atoms with E-state index in [1.165, 1.54) is 0 Å². The van der Waals surface area contributed by atoms with Crippen molar-refractivity contribution in [2.45, 2.75) is 39.8 Å². The molecule has 1 N–H and O–H groups in total. The van der Waals surface area contributed by atoms with E-state index in [1.807, 2.05) is 31.6 Å². The van der Waals surface area contributed by atoms with E-state index in [0.29, 0.717) is 0 Å². The van der Waals surface area contributed by atoms with E-state index in [-0.39, 0.29) is 6.10 Å². The zero-order valence-electron chi connectivity index (χ0n) is 7.91. The molecule has 12 heavy (non-hydrogen) atoms. The summed E-state index contributed by atoms with van der Waals surface area (Å²) in [6.45, 7) is 6.79. The van der Waals surface area contributed by atoms with Gasteiger partial charge in [-0.3, -0.25) is 4.68 Å². The summed E-state index contributed by atoms with van der Waals surface area (Å²) < 4.78 is 1.85. The van der Waals surface area contributed by atoms with Crippen LogP contribution in [0.25, 0.3) is 0 Å². The topological polar surface area (TPSA) is 38.0 Å². The van der Waals surface area contributed by atoms with Crippen LogP contribution in [0, 0.1) is 6.92 Å². The van der Waals surface area contributed by atoms with Crippen molar-refractivity contribution in [2.75, 3.05) is 0 Å². The number of aryl methyl sites for hydroxylation is 2. The highest BCUT2D eigenvalue weighted by Gasteiger charge is 2.11. The van der Waals surface area contributed by atoms with Gasteiger partial charge in [0.05, 0.1) is 11.8 Å². The lowest BCUT2D eigenvalue weighted by atomic mass is 10.1. The van der Waals surface area contributed by atoms with Crippen LogP contribution in [0.1, 0.15) is 37.6 Å². The predicted molar refractivity (Wildman–Crippen MR) is 47.9 cm³/mol. The molecule has 1 atom stereocenters. The van der Waals surface area contributed by atoms with Gasteiger partial charge in [0.1, 0.15) is 0 Å². The molecule has 0 radical (unpaired) electrons. The van der Waals surface area contributed by atoms with Crippen LogP contribution >= 0.6 is 0 Å². The van der Waals surface area contributed by atoms with Crippen molar-refractivity contribution in [1.82, 2.24) is 9.78 Å². The van der Waals surface area contributed by atoms with E-state index in [1.54, 1.807) is 0 Å². The van der Waals surface area contributed by atoms with Crippen molar-refractivity contribution in [1.29, 1.82) is 0 Å². The number of nitrogens with zero attached hydrogens (tertiary/aromatic N) is 2.